The van der Waals surface area contributed by atoms with Gasteiger partial charge >= 0.3 is 5.97 Å². The van der Waals surface area contributed by atoms with Crippen LogP contribution in [0.5, 0.6) is 0 Å². The van der Waals surface area contributed by atoms with E-state index in [-0.39, 0.29) is 29.8 Å². The van der Waals surface area contributed by atoms with Crippen LogP contribution in [0.25, 0.3) is 27.4 Å². The minimum atomic E-state index is -1.02. The van der Waals surface area contributed by atoms with E-state index < -0.39 is 5.97 Å². The van der Waals surface area contributed by atoms with E-state index in [4.69, 9.17) is 5.11 Å². The maximum atomic E-state index is 14.1. The Morgan fingerprint density at radius 3 is 2.44 bits per heavy atom. The Morgan fingerprint density at radius 2 is 1.68 bits per heavy atom. The molecule has 0 radical (unpaired) electrons. The fourth-order valence-corrected chi connectivity index (χ4v) is 5.02. The highest BCUT2D eigenvalue weighted by atomic mass is 19.1. The summed E-state index contributed by atoms with van der Waals surface area (Å²) in [5, 5.41) is 23.2. The van der Waals surface area contributed by atoms with Crippen LogP contribution >= 0.6 is 0 Å². The Labute approximate surface area is 234 Å². The van der Waals surface area contributed by atoms with E-state index in [1.165, 1.54) is 24.3 Å². The zero-order chi connectivity index (χ0) is 28.5. The predicted octanol–water partition coefficient (Wildman–Crippen LogP) is 6.47. The molecule has 1 amide bonds. The Kier molecular flexibility index (Phi) is 6.73. The van der Waals surface area contributed by atoms with Gasteiger partial charge in [-0.25, -0.2) is 13.7 Å². The molecule has 0 unspecified atom stereocenters. The van der Waals surface area contributed by atoms with Gasteiger partial charge in [-0.05, 0) is 57.8 Å². The first-order valence-electron chi connectivity index (χ1n) is 13.1. The summed E-state index contributed by atoms with van der Waals surface area (Å²) in [6.45, 7) is 2.21. The monoisotopic (exact) mass is 544 g/mol. The molecular weight excluding hydrogens is 519 g/mol. The molecule has 0 aliphatic rings. The van der Waals surface area contributed by atoms with Crippen LogP contribution in [0, 0.1) is 5.82 Å². The van der Waals surface area contributed by atoms with Crippen LogP contribution in [-0.2, 0) is 6.54 Å². The number of nitrogens with one attached hydrogen (secondary N) is 1. The van der Waals surface area contributed by atoms with E-state index >= 15 is 0 Å². The van der Waals surface area contributed by atoms with Crippen molar-refractivity contribution < 1.29 is 19.1 Å². The van der Waals surface area contributed by atoms with E-state index in [1.54, 1.807) is 41.0 Å². The van der Waals surface area contributed by atoms with Crippen molar-refractivity contribution in [3.63, 3.8) is 0 Å². The number of carbonyl (C=O) groups is 2. The summed E-state index contributed by atoms with van der Waals surface area (Å²) in [4.78, 5) is 24.9. The summed E-state index contributed by atoms with van der Waals surface area (Å²) in [5.41, 5.74) is 4.71. The van der Waals surface area contributed by atoms with Crippen LogP contribution in [-0.4, -0.2) is 31.8 Å². The largest absolute Gasteiger partial charge is 0.478 e. The van der Waals surface area contributed by atoms with E-state index in [1.807, 2.05) is 19.1 Å². The van der Waals surface area contributed by atoms with Crippen LogP contribution in [0.2, 0.25) is 0 Å². The number of rotatable bonds is 7. The van der Waals surface area contributed by atoms with Gasteiger partial charge in [-0.15, -0.1) is 5.10 Å². The first-order valence-corrected chi connectivity index (χ1v) is 13.1. The quantitative estimate of drug-likeness (QED) is 0.240. The van der Waals surface area contributed by atoms with Crippen molar-refractivity contribution in [2.24, 2.45) is 0 Å². The van der Waals surface area contributed by atoms with Gasteiger partial charge in [-0.2, -0.15) is 0 Å². The van der Waals surface area contributed by atoms with Gasteiger partial charge in [0.2, 0.25) is 0 Å². The topological polar surface area (TPSA) is 96.6 Å². The third-order valence-electron chi connectivity index (χ3n) is 7.28. The van der Waals surface area contributed by atoms with Crippen LogP contribution < -0.4 is 5.32 Å². The maximum absolute atomic E-state index is 14.1. The molecule has 41 heavy (non-hydrogen) atoms. The van der Waals surface area contributed by atoms with Crippen LogP contribution in [0.3, 0.4) is 0 Å². The number of hydrogen-bond acceptors (Lipinski definition) is 4. The Hall–Kier alpha value is -5.37. The fourth-order valence-electron chi connectivity index (χ4n) is 5.02. The van der Waals surface area contributed by atoms with Gasteiger partial charge < -0.3 is 10.4 Å². The highest BCUT2D eigenvalue weighted by Gasteiger charge is 2.23. The lowest BCUT2D eigenvalue weighted by molar-refractivity contribution is 0.0696. The minimum absolute atomic E-state index is 0.169. The summed E-state index contributed by atoms with van der Waals surface area (Å²) in [5.74, 6) is -1.93. The molecule has 7 nitrogen and oxygen atoms in total. The van der Waals surface area contributed by atoms with E-state index in [9.17, 15) is 14.0 Å². The van der Waals surface area contributed by atoms with Crippen LogP contribution in [0.4, 0.5) is 4.39 Å². The zero-order valence-electron chi connectivity index (χ0n) is 22.1. The van der Waals surface area contributed by atoms with Crippen molar-refractivity contribution in [2.75, 3.05) is 0 Å². The number of aromatic carboxylic acids is 1. The lowest BCUT2D eigenvalue weighted by Gasteiger charge is -2.14. The number of carboxylic acids is 1. The van der Waals surface area contributed by atoms with Crippen molar-refractivity contribution in [3.05, 3.63) is 137 Å². The molecule has 0 spiro atoms. The highest BCUT2D eigenvalue weighted by molar-refractivity contribution is 6.02. The third-order valence-corrected chi connectivity index (χ3v) is 7.28. The number of carboxylic acid groups (broad SMARTS) is 1. The second kappa shape index (κ2) is 10.7. The Bertz CT molecular complexity index is 1930. The molecule has 0 aliphatic carbocycles. The number of benzene rings is 4. The number of amides is 1. The molecule has 0 saturated heterocycles. The molecule has 2 aromatic heterocycles. The average molecular weight is 545 g/mol. The van der Waals surface area contributed by atoms with Gasteiger partial charge in [-0.3, -0.25) is 4.79 Å². The number of fused-ring (bicyclic) bond motifs is 2. The number of hydrogen-bond donors (Lipinski definition) is 2. The molecule has 0 bridgehead atoms. The molecule has 0 aliphatic heterocycles. The predicted molar refractivity (Wildman–Crippen MR) is 154 cm³/mol. The molecule has 2 heterocycles. The number of carbonyl (C=O) groups excluding carboxylic acids is 1. The number of pyridine rings is 1. The lowest BCUT2D eigenvalue weighted by Crippen LogP contribution is -2.24. The normalized spacial score (nSPS) is 12.0. The number of aromatic nitrogens is 3. The smallest absolute Gasteiger partial charge is 0.335 e. The van der Waals surface area contributed by atoms with E-state index in [2.05, 4.69) is 46.0 Å². The van der Waals surface area contributed by atoms with Gasteiger partial charge in [-0.1, -0.05) is 78.9 Å². The highest BCUT2D eigenvalue weighted by Crippen LogP contribution is 2.32. The van der Waals surface area contributed by atoms with Gasteiger partial charge in [0, 0.05) is 24.2 Å². The molecule has 6 rings (SSSR count). The molecule has 8 heteroatoms. The van der Waals surface area contributed by atoms with Gasteiger partial charge in [0.15, 0.2) is 0 Å². The molecule has 202 valence electrons. The maximum Gasteiger partial charge on any atom is 0.335 e. The van der Waals surface area contributed by atoms with Gasteiger partial charge in [0.05, 0.1) is 16.8 Å². The average Bonchev–Trinajstić information content (AvgIpc) is 3.43. The third kappa shape index (κ3) is 5.15. The van der Waals surface area contributed by atoms with Gasteiger partial charge in [0.1, 0.15) is 11.3 Å². The molecule has 1 atom stereocenters. The molecule has 0 fully saturated rings. The number of halogens is 1. The first kappa shape index (κ1) is 25.9. The molecule has 4 aromatic carbocycles. The van der Waals surface area contributed by atoms with E-state index in [0.29, 0.717) is 27.9 Å². The second-order valence-corrected chi connectivity index (χ2v) is 9.93. The summed E-state index contributed by atoms with van der Waals surface area (Å²) in [7, 11) is 0. The molecule has 6 aromatic rings. The minimum Gasteiger partial charge on any atom is -0.478 e. The fraction of sp³-hybridized carbons (Fsp3) is 0.0909. The van der Waals surface area contributed by atoms with Crippen molar-refractivity contribution in [1.29, 1.82) is 0 Å². The summed E-state index contributed by atoms with van der Waals surface area (Å²) in [6, 6.07) is 28.6. The van der Waals surface area contributed by atoms with Crippen molar-refractivity contribution in [1.82, 2.24) is 20.1 Å². The SMILES string of the molecule is C[C@@H](c1ccc2ccccc2c1)c1nnn2cc(-c3cccc(F)c3)cc(C(=O)NCc3ccc(C(=O)O)cc3)c12. The molecule has 0 saturated carbocycles. The zero-order valence-corrected chi connectivity index (χ0v) is 22.1. The van der Waals surface area contributed by atoms with Crippen LogP contribution in [0.15, 0.2) is 103 Å². The Morgan fingerprint density at radius 1 is 0.902 bits per heavy atom. The number of nitrogens with zero attached hydrogens (tertiary/aromatic N) is 3. The summed E-state index contributed by atoms with van der Waals surface area (Å²) >= 11 is 0. The molecular formula is C33H25FN4O3. The van der Waals surface area contributed by atoms with Gasteiger partial charge in [0.25, 0.3) is 5.91 Å². The second-order valence-electron chi connectivity index (χ2n) is 9.93. The summed E-state index contributed by atoms with van der Waals surface area (Å²) < 4.78 is 15.6. The van der Waals surface area contributed by atoms with Crippen molar-refractivity contribution >= 4 is 28.2 Å². The first-order chi connectivity index (χ1) is 19.9. The standard InChI is InChI=1S/C33H25FN4O3/c1-20(24-14-13-22-5-2-3-6-25(22)15-24)30-31-29(32(39)35-18-21-9-11-23(12-10-21)33(40)41)17-27(19-38(31)37-36-30)26-7-4-8-28(34)16-26/h2-17,19-20H,18H2,1H3,(H,35,39)(H,40,41)/t20-/m0/s1. The summed E-state index contributed by atoms with van der Waals surface area (Å²) in [6.07, 6.45) is 1.75. The van der Waals surface area contributed by atoms with Crippen LogP contribution in [0.1, 0.15) is 50.4 Å². The lowest BCUT2D eigenvalue weighted by atomic mass is 9.93. The Balaban J connectivity index is 1.41. The van der Waals surface area contributed by atoms with E-state index in [0.717, 1.165) is 21.9 Å². The molecule has 2 N–H and O–H groups in total. The van der Waals surface area contributed by atoms with Crippen molar-refractivity contribution in [2.45, 2.75) is 19.4 Å². The van der Waals surface area contributed by atoms with Crippen molar-refractivity contribution in [3.8, 4) is 11.1 Å².